The third-order valence-corrected chi connectivity index (χ3v) is 8.17. The van der Waals surface area contributed by atoms with Crippen LogP contribution in [0.25, 0.3) is 10.2 Å². The topological polar surface area (TPSA) is 67.4 Å². The van der Waals surface area contributed by atoms with Crippen molar-refractivity contribution in [1.29, 1.82) is 0 Å². The van der Waals surface area contributed by atoms with Crippen molar-refractivity contribution in [2.45, 2.75) is 32.7 Å². The molecule has 3 N–H and O–H groups in total. The van der Waals surface area contributed by atoms with E-state index in [9.17, 15) is 5.11 Å². The Morgan fingerprint density at radius 3 is 2.70 bits per heavy atom. The molecule has 0 bridgehead atoms. The van der Waals surface area contributed by atoms with Gasteiger partial charge < -0.3 is 24.5 Å². The minimum Gasteiger partial charge on any atom is -0.391 e. The molecule has 30 heavy (non-hydrogen) atoms. The summed E-state index contributed by atoms with van der Waals surface area (Å²) >= 11 is 1.92. The molecule has 3 aliphatic rings. The van der Waals surface area contributed by atoms with Crippen molar-refractivity contribution < 1.29 is 19.6 Å². The van der Waals surface area contributed by atoms with Crippen LogP contribution in [0, 0.1) is 5.92 Å². The van der Waals surface area contributed by atoms with Crippen LogP contribution in [0.5, 0.6) is 0 Å². The fourth-order valence-electron chi connectivity index (χ4n) is 5.18. The number of piperazine rings is 1. The standard InChI is InChI=1S/C22H33N5O2S/c1-16-2-3-17-18(14-16)30-22-20(17)21(27-6-4-25(5-7-27)8-11-28)23-19(24-22)15-26-9-12-29-13-10-26/h16,28H,2-15H2,1H3/p+2/t16-/m0/s1. The number of aryl methyl sites for hydroxylation is 1. The summed E-state index contributed by atoms with van der Waals surface area (Å²) in [5.74, 6) is 2.94. The third kappa shape index (κ3) is 4.21. The Kier molecular flexibility index (Phi) is 6.20. The second-order valence-corrected chi connectivity index (χ2v) is 10.3. The molecule has 0 unspecified atom stereocenters. The van der Waals surface area contributed by atoms with Gasteiger partial charge in [0, 0.05) is 4.88 Å². The fourth-order valence-corrected chi connectivity index (χ4v) is 6.57. The van der Waals surface area contributed by atoms with E-state index in [0.717, 1.165) is 83.7 Å². The van der Waals surface area contributed by atoms with Gasteiger partial charge in [-0.25, -0.2) is 9.97 Å². The van der Waals surface area contributed by atoms with Gasteiger partial charge in [-0.1, -0.05) is 6.92 Å². The molecule has 164 valence electrons. The van der Waals surface area contributed by atoms with Gasteiger partial charge in [0.25, 0.3) is 0 Å². The van der Waals surface area contributed by atoms with Crippen LogP contribution in [0.1, 0.15) is 29.6 Å². The van der Waals surface area contributed by atoms with Crippen molar-refractivity contribution in [3.63, 3.8) is 0 Å². The predicted octanol–water partition coefficient (Wildman–Crippen LogP) is -1.07. The molecule has 4 heterocycles. The summed E-state index contributed by atoms with van der Waals surface area (Å²) in [7, 11) is 0. The number of aliphatic hydroxyl groups is 1. The number of aliphatic hydroxyl groups excluding tert-OH is 1. The van der Waals surface area contributed by atoms with Crippen molar-refractivity contribution in [1.82, 2.24) is 9.97 Å². The SMILES string of the molecule is C[C@H]1CCc2c(sc3nc(C[NH+]4CCOCC4)nc(N4CC[NH+](CCO)CC4)c23)C1. The van der Waals surface area contributed by atoms with Gasteiger partial charge in [0.1, 0.15) is 36.8 Å². The molecule has 7 nitrogen and oxygen atoms in total. The largest absolute Gasteiger partial charge is 0.391 e. The van der Waals surface area contributed by atoms with E-state index in [1.807, 2.05) is 11.3 Å². The Morgan fingerprint density at radius 1 is 1.13 bits per heavy atom. The van der Waals surface area contributed by atoms with E-state index in [4.69, 9.17) is 14.7 Å². The summed E-state index contributed by atoms with van der Waals surface area (Å²) in [6.45, 7) is 12.3. The molecule has 8 heteroatoms. The molecular formula is C22H35N5O2S+2. The summed E-state index contributed by atoms with van der Waals surface area (Å²) in [4.78, 5) is 18.5. The van der Waals surface area contributed by atoms with Gasteiger partial charge in [0.2, 0.25) is 0 Å². The molecule has 2 saturated heterocycles. The van der Waals surface area contributed by atoms with E-state index in [-0.39, 0.29) is 6.61 Å². The molecule has 2 fully saturated rings. The van der Waals surface area contributed by atoms with Gasteiger partial charge in [-0.05, 0) is 30.7 Å². The van der Waals surface area contributed by atoms with Gasteiger partial charge in [-0.2, -0.15) is 0 Å². The minimum absolute atomic E-state index is 0.274. The zero-order chi connectivity index (χ0) is 20.5. The van der Waals surface area contributed by atoms with Crippen molar-refractivity contribution in [3.05, 3.63) is 16.3 Å². The molecule has 0 aromatic carbocycles. The van der Waals surface area contributed by atoms with E-state index < -0.39 is 0 Å². The lowest BCUT2D eigenvalue weighted by atomic mass is 9.89. The molecule has 0 radical (unpaired) electrons. The van der Waals surface area contributed by atoms with E-state index in [0.29, 0.717) is 0 Å². The molecule has 0 saturated carbocycles. The number of thiophene rings is 1. The average molecular weight is 434 g/mol. The zero-order valence-corrected chi connectivity index (χ0v) is 18.9. The number of rotatable bonds is 5. The highest BCUT2D eigenvalue weighted by molar-refractivity contribution is 7.19. The third-order valence-electron chi connectivity index (χ3n) is 7.03. The highest BCUT2D eigenvalue weighted by atomic mass is 32.1. The average Bonchev–Trinajstić information content (AvgIpc) is 3.12. The van der Waals surface area contributed by atoms with Gasteiger partial charge in [0.05, 0.1) is 51.4 Å². The first-order valence-corrected chi connectivity index (χ1v) is 12.4. The highest BCUT2D eigenvalue weighted by Crippen LogP contribution is 2.41. The lowest BCUT2D eigenvalue weighted by molar-refractivity contribution is -0.922. The van der Waals surface area contributed by atoms with Crippen molar-refractivity contribution >= 4 is 27.4 Å². The number of quaternary nitrogens is 2. The second-order valence-electron chi connectivity index (χ2n) is 9.25. The summed E-state index contributed by atoms with van der Waals surface area (Å²) < 4.78 is 5.53. The maximum absolute atomic E-state index is 9.30. The Morgan fingerprint density at radius 2 is 1.93 bits per heavy atom. The first-order chi connectivity index (χ1) is 14.7. The van der Waals surface area contributed by atoms with Crippen LogP contribution >= 0.6 is 11.3 Å². The van der Waals surface area contributed by atoms with Crippen LogP contribution in [0.15, 0.2) is 0 Å². The Balaban J connectivity index is 1.49. The monoisotopic (exact) mass is 433 g/mol. The molecule has 2 aliphatic heterocycles. The fraction of sp³-hybridized carbons (Fsp3) is 0.727. The van der Waals surface area contributed by atoms with E-state index in [1.165, 1.54) is 44.2 Å². The van der Waals surface area contributed by atoms with E-state index in [1.54, 1.807) is 4.88 Å². The van der Waals surface area contributed by atoms with Gasteiger partial charge in [-0.15, -0.1) is 11.3 Å². The van der Waals surface area contributed by atoms with Gasteiger partial charge in [-0.3, -0.25) is 0 Å². The van der Waals surface area contributed by atoms with E-state index >= 15 is 0 Å². The maximum atomic E-state index is 9.30. The molecular weight excluding hydrogens is 398 g/mol. The summed E-state index contributed by atoms with van der Waals surface area (Å²) in [5, 5.41) is 10.6. The summed E-state index contributed by atoms with van der Waals surface area (Å²) in [6, 6.07) is 0. The van der Waals surface area contributed by atoms with Crippen LogP contribution in [0.2, 0.25) is 0 Å². The molecule has 2 aromatic rings. The Labute approximate surface area is 182 Å². The van der Waals surface area contributed by atoms with Crippen LogP contribution in [0.4, 0.5) is 5.82 Å². The molecule has 1 atom stereocenters. The van der Waals surface area contributed by atoms with Gasteiger partial charge in [0.15, 0.2) is 5.82 Å². The molecule has 0 amide bonds. The lowest BCUT2D eigenvalue weighted by Crippen LogP contribution is -3.15. The maximum Gasteiger partial charge on any atom is 0.187 e. The number of hydrogen-bond donors (Lipinski definition) is 3. The Hall–Kier alpha value is -1.32. The second kappa shape index (κ2) is 9.04. The van der Waals surface area contributed by atoms with Gasteiger partial charge >= 0.3 is 0 Å². The molecule has 5 rings (SSSR count). The number of fused-ring (bicyclic) bond motifs is 3. The number of morpholine rings is 1. The van der Waals surface area contributed by atoms with Crippen LogP contribution in [0.3, 0.4) is 0 Å². The summed E-state index contributed by atoms with van der Waals surface area (Å²) in [6.07, 6.45) is 3.62. The molecule has 2 aromatic heterocycles. The van der Waals surface area contributed by atoms with Crippen molar-refractivity contribution in [2.24, 2.45) is 5.92 Å². The van der Waals surface area contributed by atoms with Crippen LogP contribution in [-0.2, 0) is 24.1 Å². The molecule has 1 aliphatic carbocycles. The first kappa shape index (κ1) is 20.6. The Bertz CT molecular complexity index is 874. The number of ether oxygens (including phenoxy) is 1. The predicted molar refractivity (Wildman–Crippen MR) is 119 cm³/mol. The smallest absolute Gasteiger partial charge is 0.187 e. The number of anilines is 1. The van der Waals surface area contributed by atoms with Crippen LogP contribution < -0.4 is 14.7 Å². The summed E-state index contributed by atoms with van der Waals surface area (Å²) in [5.41, 5.74) is 1.53. The zero-order valence-electron chi connectivity index (χ0n) is 18.1. The quantitative estimate of drug-likeness (QED) is 0.560. The van der Waals surface area contributed by atoms with Crippen LogP contribution in [-0.4, -0.2) is 80.7 Å². The number of hydrogen-bond acceptors (Lipinski definition) is 6. The normalized spacial score (nSPS) is 23.8. The number of nitrogens with zero attached hydrogens (tertiary/aromatic N) is 3. The first-order valence-electron chi connectivity index (χ1n) is 11.6. The van der Waals surface area contributed by atoms with E-state index in [2.05, 4.69) is 11.8 Å². The highest BCUT2D eigenvalue weighted by Gasteiger charge is 2.29. The molecule has 0 spiro atoms. The number of aromatic nitrogens is 2. The number of nitrogens with one attached hydrogen (secondary N) is 2. The van der Waals surface area contributed by atoms with Crippen molar-refractivity contribution in [2.75, 3.05) is 70.5 Å². The minimum atomic E-state index is 0.274. The van der Waals surface area contributed by atoms with Crippen molar-refractivity contribution in [3.8, 4) is 0 Å². The lowest BCUT2D eigenvalue weighted by Gasteiger charge is -2.33.